The second-order valence-corrected chi connectivity index (χ2v) is 7.46. The molecule has 0 saturated heterocycles. The molecule has 1 fully saturated rings. The molecule has 0 unspecified atom stereocenters. The highest BCUT2D eigenvalue weighted by Gasteiger charge is 2.26. The molecule has 1 aliphatic carbocycles. The average molecular weight is 316 g/mol. The fourth-order valence-corrected chi connectivity index (χ4v) is 3.12. The van der Waals surface area contributed by atoms with E-state index in [9.17, 15) is 9.59 Å². The van der Waals surface area contributed by atoms with Gasteiger partial charge in [0, 0.05) is 18.7 Å². The minimum Gasteiger partial charge on any atom is -0.331 e. The maximum atomic E-state index is 12.3. The molecule has 1 aliphatic rings. The van der Waals surface area contributed by atoms with Crippen LogP contribution in [0.2, 0.25) is 0 Å². The predicted octanol–water partition coefficient (Wildman–Crippen LogP) is 3.71. The number of nitrogens with one attached hydrogen (secondary N) is 1. The summed E-state index contributed by atoms with van der Waals surface area (Å²) in [5.41, 5.74) is 2.10. The molecule has 4 nitrogen and oxygen atoms in total. The van der Waals surface area contributed by atoms with Gasteiger partial charge in [0.05, 0.1) is 0 Å². The van der Waals surface area contributed by atoms with Crippen LogP contribution in [0, 0.1) is 0 Å². The molecule has 2 amide bonds. The Morgan fingerprint density at radius 3 is 2.17 bits per heavy atom. The molecular weight excluding hydrogens is 288 g/mol. The summed E-state index contributed by atoms with van der Waals surface area (Å²) in [4.78, 5) is 25.8. The van der Waals surface area contributed by atoms with Gasteiger partial charge in [0.15, 0.2) is 0 Å². The molecule has 0 radical (unpaired) electrons. The highest BCUT2D eigenvalue weighted by atomic mass is 16.2. The summed E-state index contributed by atoms with van der Waals surface area (Å²) in [5.74, 6) is -0.147. The highest BCUT2D eigenvalue weighted by Crippen LogP contribution is 2.25. The van der Waals surface area contributed by atoms with Crippen molar-refractivity contribution in [3.63, 3.8) is 0 Å². The molecule has 2 rings (SSSR count). The second kappa shape index (κ2) is 7.16. The van der Waals surface area contributed by atoms with Crippen LogP contribution in [-0.2, 0) is 15.0 Å². The van der Waals surface area contributed by atoms with E-state index in [2.05, 4.69) is 26.1 Å². The summed E-state index contributed by atoms with van der Waals surface area (Å²) in [6.45, 7) is 8.16. The Hall–Kier alpha value is -1.84. The van der Waals surface area contributed by atoms with Gasteiger partial charge in [-0.05, 0) is 36.0 Å². The van der Waals surface area contributed by atoms with Gasteiger partial charge in [0.1, 0.15) is 6.54 Å². The third-order valence-electron chi connectivity index (χ3n) is 4.52. The lowest BCUT2D eigenvalue weighted by Crippen LogP contribution is -2.42. The van der Waals surface area contributed by atoms with E-state index >= 15 is 0 Å². The minimum atomic E-state index is -0.129. The molecule has 4 heteroatoms. The van der Waals surface area contributed by atoms with Gasteiger partial charge in [-0.2, -0.15) is 0 Å². The molecule has 0 aromatic heterocycles. The quantitative estimate of drug-likeness (QED) is 0.920. The van der Waals surface area contributed by atoms with Crippen molar-refractivity contribution in [2.45, 2.75) is 64.8 Å². The fraction of sp³-hybridized carbons (Fsp3) is 0.579. The van der Waals surface area contributed by atoms with Gasteiger partial charge in [-0.25, -0.2) is 0 Å². The lowest BCUT2D eigenvalue weighted by Gasteiger charge is -2.27. The summed E-state index contributed by atoms with van der Waals surface area (Å²) < 4.78 is 0. The van der Waals surface area contributed by atoms with Gasteiger partial charge in [-0.1, -0.05) is 45.7 Å². The van der Waals surface area contributed by atoms with E-state index in [1.807, 2.05) is 24.3 Å². The normalized spacial score (nSPS) is 15.5. The van der Waals surface area contributed by atoms with Gasteiger partial charge < -0.3 is 10.2 Å². The highest BCUT2D eigenvalue weighted by molar-refractivity contribution is 5.94. The number of anilines is 1. The smallest absolute Gasteiger partial charge is 0.244 e. The summed E-state index contributed by atoms with van der Waals surface area (Å²) in [6.07, 6.45) is 4.30. The minimum absolute atomic E-state index is 0.0184. The number of carbonyl (C=O) groups excluding carboxylic acids is 2. The average Bonchev–Trinajstić information content (AvgIpc) is 2.98. The first-order chi connectivity index (χ1) is 10.8. The predicted molar refractivity (Wildman–Crippen MR) is 93.4 cm³/mol. The van der Waals surface area contributed by atoms with Crippen LogP contribution in [0.5, 0.6) is 0 Å². The zero-order valence-electron chi connectivity index (χ0n) is 14.7. The Morgan fingerprint density at radius 2 is 1.70 bits per heavy atom. The molecule has 1 aromatic rings. The Labute approximate surface area is 139 Å². The van der Waals surface area contributed by atoms with Crippen LogP contribution in [0.1, 0.15) is 58.9 Å². The second-order valence-electron chi connectivity index (χ2n) is 7.46. The van der Waals surface area contributed by atoms with Crippen LogP contribution >= 0.6 is 0 Å². The van der Waals surface area contributed by atoms with E-state index in [1.165, 1.54) is 5.56 Å². The topological polar surface area (TPSA) is 49.4 Å². The molecular formula is C19H28N2O2. The summed E-state index contributed by atoms with van der Waals surface area (Å²) >= 11 is 0. The number of rotatable bonds is 4. The van der Waals surface area contributed by atoms with E-state index in [0.29, 0.717) is 0 Å². The van der Waals surface area contributed by atoms with Crippen molar-refractivity contribution in [2.75, 3.05) is 11.9 Å². The number of hydrogen-bond acceptors (Lipinski definition) is 2. The third-order valence-corrected chi connectivity index (χ3v) is 4.52. The van der Waals surface area contributed by atoms with Crippen molar-refractivity contribution in [3.05, 3.63) is 29.8 Å². The molecule has 1 N–H and O–H groups in total. The number of benzene rings is 1. The van der Waals surface area contributed by atoms with Crippen molar-refractivity contribution >= 4 is 17.5 Å². The fourth-order valence-electron chi connectivity index (χ4n) is 3.12. The maximum Gasteiger partial charge on any atom is 0.244 e. The number of nitrogens with zero attached hydrogens (tertiary/aromatic N) is 1. The lowest BCUT2D eigenvalue weighted by molar-refractivity contribution is -0.135. The Kier molecular flexibility index (Phi) is 5.45. The van der Waals surface area contributed by atoms with Gasteiger partial charge in [0.2, 0.25) is 11.8 Å². The zero-order chi connectivity index (χ0) is 17.0. The first-order valence-electron chi connectivity index (χ1n) is 8.45. The van der Waals surface area contributed by atoms with Crippen molar-refractivity contribution in [1.82, 2.24) is 4.90 Å². The molecule has 1 aromatic carbocycles. The first-order valence-corrected chi connectivity index (χ1v) is 8.45. The zero-order valence-corrected chi connectivity index (χ0v) is 14.7. The van der Waals surface area contributed by atoms with Crippen LogP contribution in [0.25, 0.3) is 0 Å². The SMILES string of the molecule is CC(=O)N(CC(=O)Nc1ccc(C(C)(C)C)cc1)C1CCCC1. The lowest BCUT2D eigenvalue weighted by atomic mass is 9.87. The molecule has 23 heavy (non-hydrogen) atoms. The van der Waals surface area contributed by atoms with Crippen LogP contribution < -0.4 is 5.32 Å². The number of amides is 2. The van der Waals surface area contributed by atoms with Crippen LogP contribution in [0.3, 0.4) is 0 Å². The molecule has 1 saturated carbocycles. The molecule has 0 atom stereocenters. The first kappa shape index (κ1) is 17.5. The molecule has 0 bridgehead atoms. The van der Waals surface area contributed by atoms with Gasteiger partial charge in [0.25, 0.3) is 0 Å². The van der Waals surface area contributed by atoms with Crippen molar-refractivity contribution in [2.24, 2.45) is 0 Å². The molecule has 0 aliphatic heterocycles. The number of carbonyl (C=O) groups is 2. The maximum absolute atomic E-state index is 12.3. The van der Waals surface area contributed by atoms with Gasteiger partial charge in [-0.15, -0.1) is 0 Å². The van der Waals surface area contributed by atoms with Gasteiger partial charge in [-0.3, -0.25) is 9.59 Å². The van der Waals surface area contributed by atoms with Gasteiger partial charge >= 0.3 is 0 Å². The number of hydrogen-bond donors (Lipinski definition) is 1. The summed E-state index contributed by atoms with van der Waals surface area (Å²) in [6, 6.07) is 8.14. The Morgan fingerprint density at radius 1 is 1.13 bits per heavy atom. The standard InChI is InChI=1S/C19H28N2O2/c1-14(22)21(17-7-5-6-8-17)13-18(23)20-16-11-9-15(10-12-16)19(2,3)4/h9-12,17H,5-8,13H2,1-4H3,(H,20,23). The molecule has 0 spiro atoms. The monoisotopic (exact) mass is 316 g/mol. The summed E-state index contributed by atoms with van der Waals surface area (Å²) in [7, 11) is 0. The van der Waals surface area contributed by atoms with E-state index in [0.717, 1.165) is 31.4 Å². The van der Waals surface area contributed by atoms with Crippen LogP contribution in [0.15, 0.2) is 24.3 Å². The van der Waals surface area contributed by atoms with Crippen LogP contribution in [-0.4, -0.2) is 29.3 Å². The van der Waals surface area contributed by atoms with E-state index in [4.69, 9.17) is 0 Å². The summed E-state index contributed by atoms with van der Waals surface area (Å²) in [5, 5.41) is 2.90. The Balaban J connectivity index is 1.96. The third kappa shape index (κ3) is 4.81. The van der Waals surface area contributed by atoms with E-state index in [-0.39, 0.29) is 29.8 Å². The van der Waals surface area contributed by atoms with Crippen LogP contribution in [0.4, 0.5) is 5.69 Å². The van der Waals surface area contributed by atoms with E-state index in [1.54, 1.807) is 11.8 Å². The van der Waals surface area contributed by atoms with E-state index < -0.39 is 0 Å². The van der Waals surface area contributed by atoms with Crippen molar-refractivity contribution in [3.8, 4) is 0 Å². The molecule has 126 valence electrons. The largest absolute Gasteiger partial charge is 0.331 e. The van der Waals surface area contributed by atoms with Crippen molar-refractivity contribution in [1.29, 1.82) is 0 Å². The Bertz CT molecular complexity index is 552. The molecule has 0 heterocycles. The van der Waals surface area contributed by atoms with Crippen molar-refractivity contribution < 1.29 is 9.59 Å².